The molecule has 1 aliphatic rings. The van der Waals surface area contributed by atoms with Crippen LogP contribution in [0.4, 0.5) is 0 Å². The minimum absolute atomic E-state index is 0.00579. The van der Waals surface area contributed by atoms with E-state index < -0.39 is 0 Å². The highest BCUT2D eigenvalue weighted by Gasteiger charge is 2.33. The first kappa shape index (κ1) is 16.2. The van der Waals surface area contributed by atoms with E-state index in [9.17, 15) is 4.79 Å². The van der Waals surface area contributed by atoms with E-state index in [0.29, 0.717) is 12.4 Å². The second-order valence-corrected chi connectivity index (χ2v) is 6.70. The van der Waals surface area contributed by atoms with Crippen molar-refractivity contribution in [2.45, 2.75) is 25.8 Å². The summed E-state index contributed by atoms with van der Waals surface area (Å²) in [6.45, 7) is 2.81. The molecule has 5 heteroatoms. The Hall–Kier alpha value is -2.33. The number of fused-ring (bicyclic) bond motifs is 1. The molecule has 0 unspecified atom stereocenters. The normalized spacial score (nSPS) is 17.4. The first-order valence-corrected chi connectivity index (χ1v) is 9.03. The number of carbonyl (C=O) groups is 1. The lowest BCUT2D eigenvalue weighted by molar-refractivity contribution is -0.129. The number of aromatic nitrogens is 1. The minimum atomic E-state index is -0.111. The maximum Gasteiger partial charge on any atom is 0.238 e. The number of rotatable bonds is 3. The number of nitrogens with zero attached hydrogens (tertiary/aromatic N) is 2. The lowest BCUT2D eigenvalue weighted by Gasteiger charge is -2.20. The molecule has 128 valence electrons. The van der Waals surface area contributed by atoms with Gasteiger partial charge >= 0.3 is 0 Å². The van der Waals surface area contributed by atoms with Crippen LogP contribution in [0, 0.1) is 6.92 Å². The van der Waals surface area contributed by atoms with Crippen LogP contribution < -0.4 is 0 Å². The maximum absolute atomic E-state index is 12.0. The van der Waals surface area contributed by atoms with Gasteiger partial charge in [-0.2, -0.15) is 0 Å². The van der Waals surface area contributed by atoms with E-state index in [1.807, 2.05) is 24.3 Å². The first-order valence-electron chi connectivity index (χ1n) is 8.49. The minimum Gasteiger partial charge on any atom is -0.438 e. The summed E-state index contributed by atoms with van der Waals surface area (Å²) >= 11 is 5.72. The Labute approximate surface area is 151 Å². The molecule has 1 fully saturated rings. The molecule has 1 saturated heterocycles. The van der Waals surface area contributed by atoms with Gasteiger partial charge in [-0.15, -0.1) is 11.6 Å². The fraction of sp³-hybridized carbons (Fsp3) is 0.300. The molecule has 0 N–H and O–H groups in total. The summed E-state index contributed by atoms with van der Waals surface area (Å²) in [4.78, 5) is 18.5. The van der Waals surface area contributed by atoms with Crippen LogP contribution in [0.3, 0.4) is 0 Å². The predicted molar refractivity (Wildman–Crippen MR) is 98.6 cm³/mol. The molecule has 1 aliphatic heterocycles. The molecule has 2 aromatic carbocycles. The smallest absolute Gasteiger partial charge is 0.238 e. The number of hydrogen-bond acceptors (Lipinski definition) is 3. The van der Waals surface area contributed by atoms with Crippen molar-refractivity contribution in [2.24, 2.45) is 0 Å². The Bertz CT molecular complexity index is 934. The van der Waals surface area contributed by atoms with Gasteiger partial charge in [0.15, 0.2) is 5.58 Å². The zero-order valence-electron chi connectivity index (χ0n) is 14.0. The Balaban J connectivity index is 1.71. The van der Waals surface area contributed by atoms with Crippen LogP contribution in [0.25, 0.3) is 22.2 Å². The highest BCUT2D eigenvalue weighted by molar-refractivity contribution is 6.27. The van der Waals surface area contributed by atoms with E-state index in [0.717, 1.165) is 29.5 Å². The number of alkyl halides is 1. The predicted octanol–water partition coefficient (Wildman–Crippen LogP) is 4.71. The number of carbonyl (C=O) groups excluding carboxylic acids is 1. The standard InChI is InChI=1S/C20H19ClN2O2/c1-13-5-2-3-6-15(13)14-8-9-18-16(11-14)22-20(25-18)17-7-4-10-23(17)19(24)12-21/h2-3,5-6,8-9,11,17H,4,7,10,12H2,1H3/t17-/m1/s1. The molecule has 2 heterocycles. The summed E-state index contributed by atoms with van der Waals surface area (Å²) in [6, 6.07) is 14.2. The SMILES string of the molecule is Cc1ccccc1-c1ccc2oc([C@H]3CCCN3C(=O)CCl)nc2c1. The van der Waals surface area contributed by atoms with Gasteiger partial charge in [-0.05, 0) is 48.6 Å². The van der Waals surface area contributed by atoms with Gasteiger partial charge in [-0.25, -0.2) is 4.98 Å². The van der Waals surface area contributed by atoms with Gasteiger partial charge in [0.1, 0.15) is 17.4 Å². The van der Waals surface area contributed by atoms with Crippen molar-refractivity contribution in [3.05, 3.63) is 53.9 Å². The van der Waals surface area contributed by atoms with Crippen molar-refractivity contribution in [3.63, 3.8) is 0 Å². The van der Waals surface area contributed by atoms with Crippen molar-refractivity contribution >= 4 is 28.6 Å². The third-order valence-corrected chi connectivity index (χ3v) is 5.06. The van der Waals surface area contributed by atoms with E-state index in [4.69, 9.17) is 16.0 Å². The zero-order valence-corrected chi connectivity index (χ0v) is 14.8. The monoisotopic (exact) mass is 354 g/mol. The number of aryl methyl sites for hydroxylation is 1. The largest absolute Gasteiger partial charge is 0.438 e. The second-order valence-electron chi connectivity index (χ2n) is 6.43. The van der Waals surface area contributed by atoms with Crippen molar-refractivity contribution in [1.82, 2.24) is 9.88 Å². The number of oxazole rings is 1. The van der Waals surface area contributed by atoms with Gasteiger partial charge in [0.05, 0.1) is 0 Å². The summed E-state index contributed by atoms with van der Waals surface area (Å²) in [5.74, 6) is 0.536. The van der Waals surface area contributed by atoms with Gasteiger partial charge in [0.25, 0.3) is 0 Å². The van der Waals surface area contributed by atoms with Gasteiger partial charge in [0.2, 0.25) is 11.8 Å². The van der Waals surface area contributed by atoms with Crippen molar-refractivity contribution in [1.29, 1.82) is 0 Å². The molecule has 3 aromatic rings. The number of likely N-dealkylation sites (tertiary alicyclic amines) is 1. The highest BCUT2D eigenvalue weighted by Crippen LogP contribution is 2.34. The lowest BCUT2D eigenvalue weighted by atomic mass is 10.0. The maximum atomic E-state index is 12.0. The molecule has 0 bridgehead atoms. The quantitative estimate of drug-likeness (QED) is 0.640. The summed E-state index contributed by atoms with van der Waals surface area (Å²) in [5.41, 5.74) is 5.10. The van der Waals surface area contributed by atoms with Crippen LogP contribution in [0.5, 0.6) is 0 Å². The summed E-state index contributed by atoms with van der Waals surface area (Å²) < 4.78 is 5.95. The Morgan fingerprint density at radius 3 is 2.96 bits per heavy atom. The number of halogens is 1. The number of benzene rings is 2. The van der Waals surface area contributed by atoms with Gasteiger partial charge in [-0.3, -0.25) is 4.79 Å². The fourth-order valence-electron chi connectivity index (χ4n) is 3.55. The molecular formula is C20H19ClN2O2. The van der Waals surface area contributed by atoms with E-state index >= 15 is 0 Å². The third-order valence-electron chi connectivity index (χ3n) is 4.83. The van der Waals surface area contributed by atoms with Crippen molar-refractivity contribution < 1.29 is 9.21 Å². The van der Waals surface area contributed by atoms with Gasteiger partial charge in [0, 0.05) is 6.54 Å². The van der Waals surface area contributed by atoms with E-state index in [1.54, 1.807) is 4.90 Å². The topological polar surface area (TPSA) is 46.3 Å². The molecule has 25 heavy (non-hydrogen) atoms. The molecule has 0 spiro atoms. The fourth-order valence-corrected chi connectivity index (χ4v) is 3.70. The molecule has 0 aliphatic carbocycles. The van der Waals surface area contributed by atoms with E-state index in [2.05, 4.69) is 30.1 Å². The molecule has 4 nitrogen and oxygen atoms in total. The Morgan fingerprint density at radius 1 is 1.32 bits per heavy atom. The zero-order chi connectivity index (χ0) is 17.4. The summed E-state index contributed by atoms with van der Waals surface area (Å²) in [5, 5.41) is 0. The Morgan fingerprint density at radius 2 is 2.16 bits per heavy atom. The van der Waals surface area contributed by atoms with Crippen LogP contribution >= 0.6 is 11.6 Å². The van der Waals surface area contributed by atoms with Gasteiger partial charge < -0.3 is 9.32 Å². The molecular weight excluding hydrogens is 336 g/mol. The van der Waals surface area contributed by atoms with Crippen molar-refractivity contribution in [2.75, 3.05) is 12.4 Å². The second kappa shape index (κ2) is 6.52. The molecule has 1 aromatic heterocycles. The molecule has 1 atom stereocenters. The Kier molecular flexibility index (Phi) is 4.22. The number of amides is 1. The summed E-state index contributed by atoms with van der Waals surface area (Å²) in [7, 11) is 0. The van der Waals surface area contributed by atoms with Crippen LogP contribution in [-0.2, 0) is 4.79 Å². The molecule has 0 radical (unpaired) electrons. The molecule has 0 saturated carbocycles. The first-order chi connectivity index (χ1) is 12.2. The van der Waals surface area contributed by atoms with Gasteiger partial charge in [-0.1, -0.05) is 30.3 Å². The van der Waals surface area contributed by atoms with Crippen molar-refractivity contribution in [3.8, 4) is 11.1 Å². The van der Waals surface area contributed by atoms with Crippen LogP contribution in [0.2, 0.25) is 0 Å². The third kappa shape index (κ3) is 2.91. The molecule has 1 amide bonds. The van der Waals surface area contributed by atoms with Crippen LogP contribution in [-0.4, -0.2) is 28.2 Å². The van der Waals surface area contributed by atoms with E-state index in [1.165, 1.54) is 11.1 Å². The summed E-state index contributed by atoms with van der Waals surface area (Å²) in [6.07, 6.45) is 1.81. The highest BCUT2D eigenvalue weighted by atomic mass is 35.5. The average Bonchev–Trinajstić information content (AvgIpc) is 3.27. The van der Waals surface area contributed by atoms with E-state index in [-0.39, 0.29) is 17.8 Å². The molecule has 4 rings (SSSR count). The van der Waals surface area contributed by atoms with Crippen LogP contribution in [0.15, 0.2) is 46.9 Å². The lowest BCUT2D eigenvalue weighted by Crippen LogP contribution is -2.31. The van der Waals surface area contributed by atoms with Crippen LogP contribution in [0.1, 0.15) is 30.3 Å². The number of hydrogen-bond donors (Lipinski definition) is 0. The average molecular weight is 355 g/mol.